The maximum atomic E-state index is 2.38. The highest BCUT2D eigenvalue weighted by atomic mass is 14.5. The first-order chi connectivity index (χ1) is 9.34. The van der Waals surface area contributed by atoms with E-state index < -0.39 is 0 Å². The van der Waals surface area contributed by atoms with Gasteiger partial charge in [0.1, 0.15) is 0 Å². The van der Waals surface area contributed by atoms with Gasteiger partial charge in [-0.3, -0.25) is 0 Å². The summed E-state index contributed by atoms with van der Waals surface area (Å²) in [5.41, 5.74) is 5.41. The summed E-state index contributed by atoms with van der Waals surface area (Å²) in [6.45, 7) is 12.3. The number of rotatable bonds is 2. The van der Waals surface area contributed by atoms with Gasteiger partial charge in [0.05, 0.1) is 0 Å². The van der Waals surface area contributed by atoms with Crippen LogP contribution < -0.4 is 5.46 Å². The Kier molecular flexibility index (Phi) is 2.86. The molecule has 2 aromatic carbocycles. The van der Waals surface area contributed by atoms with Crippen LogP contribution in [-0.4, -0.2) is 6.71 Å². The van der Waals surface area contributed by atoms with Crippen LogP contribution in [0.5, 0.6) is 0 Å². The van der Waals surface area contributed by atoms with Crippen molar-refractivity contribution in [2.75, 3.05) is 0 Å². The smallest absolute Gasteiger partial charge is 0.0789 e. The molecule has 0 aromatic heterocycles. The van der Waals surface area contributed by atoms with Crippen LogP contribution in [0.1, 0.15) is 33.3 Å². The maximum absolute atomic E-state index is 2.38. The van der Waals surface area contributed by atoms with E-state index in [-0.39, 0.29) is 0 Å². The van der Waals surface area contributed by atoms with Crippen molar-refractivity contribution in [3.63, 3.8) is 0 Å². The van der Waals surface area contributed by atoms with Crippen molar-refractivity contribution in [2.45, 2.75) is 45.2 Å². The lowest BCUT2D eigenvalue weighted by molar-refractivity contribution is 0.628. The molecule has 0 radical (unpaired) electrons. The largest absolute Gasteiger partial charge is 0.187 e. The fraction of sp³-hybridized carbons (Fsp3) is 0.368. The van der Waals surface area contributed by atoms with E-state index in [4.69, 9.17) is 0 Å². The lowest BCUT2D eigenvalue weighted by Gasteiger charge is -2.06. The molecule has 0 bridgehead atoms. The van der Waals surface area contributed by atoms with Crippen molar-refractivity contribution in [1.82, 2.24) is 0 Å². The van der Waals surface area contributed by atoms with Crippen molar-refractivity contribution in [2.24, 2.45) is 0 Å². The van der Waals surface area contributed by atoms with Crippen LogP contribution in [0.3, 0.4) is 0 Å². The van der Waals surface area contributed by atoms with Crippen molar-refractivity contribution in [3.05, 3.63) is 54.1 Å². The molecular weight excluding hydrogens is 239 g/mol. The van der Waals surface area contributed by atoms with Gasteiger partial charge in [-0.25, -0.2) is 0 Å². The minimum absolute atomic E-state index is 0.415. The molecule has 20 heavy (non-hydrogen) atoms. The van der Waals surface area contributed by atoms with Gasteiger partial charge in [-0.15, -0.1) is 0 Å². The normalized spacial score (nSPS) is 18.9. The monoisotopic (exact) mass is 262 g/mol. The fourth-order valence-corrected chi connectivity index (χ4v) is 3.64. The summed E-state index contributed by atoms with van der Waals surface area (Å²) in [5, 5.41) is 0.830. The van der Waals surface area contributed by atoms with E-state index in [1.54, 1.807) is 0 Å². The van der Waals surface area contributed by atoms with Gasteiger partial charge in [0, 0.05) is 0 Å². The molecule has 1 aliphatic heterocycles. The molecule has 0 unspecified atom stereocenters. The maximum Gasteiger partial charge on any atom is 0.187 e. The zero-order valence-electron chi connectivity index (χ0n) is 13.2. The molecule has 1 heteroatoms. The Morgan fingerprint density at radius 3 is 1.45 bits per heavy atom. The van der Waals surface area contributed by atoms with Crippen molar-refractivity contribution in [3.8, 4) is 11.1 Å². The second-order valence-electron chi connectivity index (χ2n) is 7.36. The van der Waals surface area contributed by atoms with Gasteiger partial charge in [0.25, 0.3) is 0 Å². The third kappa shape index (κ3) is 1.92. The van der Waals surface area contributed by atoms with Crippen molar-refractivity contribution < 1.29 is 0 Å². The van der Waals surface area contributed by atoms with E-state index in [9.17, 15) is 0 Å². The Balaban J connectivity index is 1.88. The van der Waals surface area contributed by atoms with E-state index >= 15 is 0 Å². The Bertz CT molecular complexity index is 604. The van der Waals surface area contributed by atoms with Crippen LogP contribution >= 0.6 is 0 Å². The minimum Gasteiger partial charge on any atom is -0.0789 e. The van der Waals surface area contributed by atoms with E-state index in [1.165, 1.54) is 22.2 Å². The molecule has 3 rings (SSSR count). The highest BCUT2D eigenvalue weighted by molar-refractivity contribution is 6.89. The van der Waals surface area contributed by atoms with E-state index in [2.05, 4.69) is 83.1 Å². The summed E-state index contributed by atoms with van der Waals surface area (Å²) in [4.78, 5) is 0. The lowest BCUT2D eigenvalue weighted by atomic mass is 9.53. The SMILES string of the molecule is Cc1ccc(-c2ccc(B3C(C)(C)C3(C)C)cc2)cc1. The summed E-state index contributed by atoms with van der Waals surface area (Å²) in [6, 6.07) is 17.9. The molecule has 0 aliphatic carbocycles. The second kappa shape index (κ2) is 4.25. The highest BCUT2D eigenvalue weighted by Gasteiger charge is 2.67. The Labute approximate surface area is 123 Å². The molecule has 0 saturated carbocycles. The third-order valence-corrected chi connectivity index (χ3v) is 5.65. The van der Waals surface area contributed by atoms with Crippen LogP contribution in [0.4, 0.5) is 0 Å². The summed E-state index contributed by atoms with van der Waals surface area (Å²) < 4.78 is 0. The second-order valence-corrected chi connectivity index (χ2v) is 7.36. The van der Waals surface area contributed by atoms with Gasteiger partial charge >= 0.3 is 0 Å². The highest BCUT2D eigenvalue weighted by Crippen LogP contribution is 2.73. The minimum atomic E-state index is 0.415. The average Bonchev–Trinajstić information content (AvgIpc) is 2.81. The number of aryl methyl sites for hydroxylation is 1. The van der Waals surface area contributed by atoms with Crippen LogP contribution in [0.2, 0.25) is 10.6 Å². The summed E-state index contributed by atoms with van der Waals surface area (Å²) in [7, 11) is 0. The molecular formula is C19H23B. The lowest BCUT2D eigenvalue weighted by Crippen LogP contribution is -2.19. The summed E-state index contributed by atoms with van der Waals surface area (Å²) >= 11 is 0. The average molecular weight is 262 g/mol. The number of benzene rings is 2. The topological polar surface area (TPSA) is 0 Å². The molecule has 1 heterocycles. The standard InChI is InChI=1S/C19H23B/c1-14-6-8-15(9-7-14)16-10-12-17(13-11-16)20-18(2,3)19(20,4)5/h6-13H,1-5H3. The molecule has 1 saturated heterocycles. The van der Waals surface area contributed by atoms with Gasteiger partial charge in [0.15, 0.2) is 6.71 Å². The van der Waals surface area contributed by atoms with Gasteiger partial charge in [0.2, 0.25) is 0 Å². The molecule has 0 amide bonds. The zero-order chi connectivity index (χ0) is 14.5. The van der Waals surface area contributed by atoms with Crippen LogP contribution in [-0.2, 0) is 0 Å². The molecule has 0 atom stereocenters. The van der Waals surface area contributed by atoms with Gasteiger partial charge in [-0.05, 0) is 18.1 Å². The van der Waals surface area contributed by atoms with Gasteiger partial charge in [-0.2, -0.15) is 0 Å². The predicted octanol–water partition coefficient (Wildman–Crippen LogP) is 4.94. The fourth-order valence-electron chi connectivity index (χ4n) is 3.64. The van der Waals surface area contributed by atoms with Crippen molar-refractivity contribution >= 4 is 12.2 Å². The van der Waals surface area contributed by atoms with Gasteiger partial charge in [-0.1, -0.05) is 97.9 Å². The number of hydrogen-bond acceptors (Lipinski definition) is 0. The van der Waals surface area contributed by atoms with E-state index in [0.29, 0.717) is 17.3 Å². The van der Waals surface area contributed by atoms with E-state index in [0.717, 1.165) is 0 Å². The molecule has 0 spiro atoms. The zero-order valence-corrected chi connectivity index (χ0v) is 13.2. The molecule has 2 aromatic rings. The first kappa shape index (κ1) is 13.5. The first-order valence-electron chi connectivity index (χ1n) is 7.51. The van der Waals surface area contributed by atoms with Crippen LogP contribution in [0.25, 0.3) is 11.1 Å². The molecule has 1 fully saturated rings. The number of hydrogen-bond donors (Lipinski definition) is 0. The van der Waals surface area contributed by atoms with Crippen LogP contribution in [0, 0.1) is 6.92 Å². The predicted molar refractivity (Wildman–Crippen MR) is 90.1 cm³/mol. The van der Waals surface area contributed by atoms with Gasteiger partial charge < -0.3 is 0 Å². The quantitative estimate of drug-likeness (QED) is 0.672. The van der Waals surface area contributed by atoms with Crippen LogP contribution in [0.15, 0.2) is 48.5 Å². The molecule has 0 N–H and O–H groups in total. The van der Waals surface area contributed by atoms with E-state index in [1.807, 2.05) is 0 Å². The summed E-state index contributed by atoms with van der Waals surface area (Å²) in [6.07, 6.45) is 0. The molecule has 0 nitrogen and oxygen atoms in total. The summed E-state index contributed by atoms with van der Waals surface area (Å²) in [5.74, 6) is 0. The Hall–Kier alpha value is -1.50. The first-order valence-corrected chi connectivity index (χ1v) is 7.51. The Morgan fingerprint density at radius 1 is 0.650 bits per heavy atom. The molecule has 102 valence electrons. The third-order valence-electron chi connectivity index (χ3n) is 5.65. The van der Waals surface area contributed by atoms with Crippen molar-refractivity contribution in [1.29, 1.82) is 0 Å². The Morgan fingerprint density at radius 2 is 1.05 bits per heavy atom. The molecule has 1 aliphatic rings.